The van der Waals surface area contributed by atoms with Gasteiger partial charge in [-0.3, -0.25) is 20.2 Å². The first kappa shape index (κ1) is 23.8. The summed E-state index contributed by atoms with van der Waals surface area (Å²) < 4.78 is 53.9. The van der Waals surface area contributed by atoms with Crippen LogP contribution in [0.5, 0.6) is 0 Å². The molecule has 13 heteroatoms. The van der Waals surface area contributed by atoms with Crippen LogP contribution < -0.4 is 3.71 Å². The first-order valence-corrected chi connectivity index (χ1v) is 12.1. The molecule has 3 rings (SSSR count). The molecular formula is C20H17N3O8S2. The molecule has 3 aromatic carbocycles. The van der Waals surface area contributed by atoms with E-state index in [1.54, 1.807) is 13.8 Å². The van der Waals surface area contributed by atoms with E-state index >= 15 is 0 Å². The predicted molar refractivity (Wildman–Crippen MR) is 119 cm³/mol. The number of nitrogens with zero attached hydrogens (tertiary/aromatic N) is 3. The lowest BCUT2D eigenvalue weighted by molar-refractivity contribution is -0.422. The van der Waals surface area contributed by atoms with Gasteiger partial charge < -0.3 is 0 Å². The fourth-order valence-electron chi connectivity index (χ4n) is 2.94. The van der Waals surface area contributed by atoms with Crippen molar-refractivity contribution in [2.24, 2.45) is 0 Å². The lowest BCUT2D eigenvalue weighted by Gasteiger charge is -2.24. The van der Waals surface area contributed by atoms with Crippen LogP contribution in [0.1, 0.15) is 11.1 Å². The van der Waals surface area contributed by atoms with Crippen molar-refractivity contribution in [2.45, 2.75) is 23.6 Å². The summed E-state index contributed by atoms with van der Waals surface area (Å²) >= 11 is 0. The summed E-state index contributed by atoms with van der Waals surface area (Å²) in [6.45, 7) is 3.41. The van der Waals surface area contributed by atoms with E-state index in [4.69, 9.17) is 0 Å². The molecular weight excluding hydrogens is 474 g/mol. The standard InChI is InChI=1S/C20H17N3O8S2/c1-14-3-8-17(9-4-14)32(28,29)23(33(30,31)18-10-5-15(2)6-11-18)16-7-12-19(21(24)25)20(13-16)22(26)27/h3-13H,1-2H3. The monoisotopic (exact) mass is 491 g/mol. The normalized spacial score (nSPS) is 11.7. The average Bonchev–Trinajstić information content (AvgIpc) is 2.73. The van der Waals surface area contributed by atoms with E-state index in [0.29, 0.717) is 23.3 Å². The van der Waals surface area contributed by atoms with Gasteiger partial charge in [-0.1, -0.05) is 35.4 Å². The predicted octanol–water partition coefficient (Wildman–Crippen LogP) is 3.70. The third kappa shape index (κ3) is 4.54. The zero-order valence-electron chi connectivity index (χ0n) is 17.3. The Labute approximate surface area is 189 Å². The van der Waals surface area contributed by atoms with Crippen molar-refractivity contribution in [3.05, 3.63) is 98.1 Å². The number of rotatable bonds is 7. The maximum Gasteiger partial charge on any atom is 0.348 e. The van der Waals surface area contributed by atoms with Gasteiger partial charge in [0.2, 0.25) is 0 Å². The molecule has 0 aromatic heterocycles. The van der Waals surface area contributed by atoms with Crippen LogP contribution in [0.3, 0.4) is 0 Å². The Morgan fingerprint density at radius 1 is 0.636 bits per heavy atom. The van der Waals surface area contributed by atoms with Crippen LogP contribution in [0, 0.1) is 34.1 Å². The minimum absolute atomic E-state index is 0.0477. The lowest BCUT2D eigenvalue weighted by Crippen LogP contribution is -2.37. The molecule has 11 nitrogen and oxygen atoms in total. The summed E-state index contributed by atoms with van der Waals surface area (Å²) in [4.78, 5) is 19.7. The minimum Gasteiger partial charge on any atom is -0.258 e. The number of nitro groups is 2. The first-order valence-electron chi connectivity index (χ1n) is 9.22. The van der Waals surface area contributed by atoms with Gasteiger partial charge in [0.05, 0.1) is 25.3 Å². The van der Waals surface area contributed by atoms with Gasteiger partial charge in [0.25, 0.3) is 20.0 Å². The van der Waals surface area contributed by atoms with Crippen LogP contribution in [0.25, 0.3) is 0 Å². The smallest absolute Gasteiger partial charge is 0.258 e. The maximum atomic E-state index is 13.5. The summed E-state index contributed by atoms with van der Waals surface area (Å²) in [5.74, 6) is 0. The first-order chi connectivity index (χ1) is 15.4. The van der Waals surface area contributed by atoms with Crippen LogP contribution in [0.2, 0.25) is 0 Å². The second kappa shape index (κ2) is 8.60. The van der Waals surface area contributed by atoms with Crippen molar-refractivity contribution >= 4 is 37.1 Å². The highest BCUT2D eigenvalue weighted by molar-refractivity contribution is 8.10. The molecule has 172 valence electrons. The summed E-state index contributed by atoms with van der Waals surface area (Å²) in [6.07, 6.45) is 0. The Bertz CT molecular complexity index is 1370. The Morgan fingerprint density at radius 3 is 1.39 bits per heavy atom. The van der Waals surface area contributed by atoms with Crippen molar-refractivity contribution in [1.29, 1.82) is 0 Å². The second-order valence-electron chi connectivity index (χ2n) is 7.02. The molecule has 0 saturated carbocycles. The van der Waals surface area contributed by atoms with Gasteiger partial charge in [-0.15, -0.1) is 0 Å². The molecule has 0 fully saturated rings. The molecule has 0 radical (unpaired) electrons. The van der Waals surface area contributed by atoms with E-state index < -0.39 is 47.0 Å². The number of nitro benzene ring substituents is 2. The highest BCUT2D eigenvalue weighted by atomic mass is 32.3. The molecule has 0 aliphatic carbocycles. The van der Waals surface area contributed by atoms with Gasteiger partial charge in [0.1, 0.15) is 0 Å². The molecule has 0 aliphatic heterocycles. The van der Waals surface area contributed by atoms with E-state index in [1.165, 1.54) is 48.5 Å². The molecule has 3 aromatic rings. The van der Waals surface area contributed by atoms with Crippen molar-refractivity contribution in [3.63, 3.8) is 0 Å². The Balaban J connectivity index is 2.34. The third-order valence-electron chi connectivity index (χ3n) is 4.64. The van der Waals surface area contributed by atoms with E-state index in [2.05, 4.69) is 0 Å². The molecule has 0 aliphatic rings. The molecule has 0 heterocycles. The Hall–Kier alpha value is -3.84. The summed E-state index contributed by atoms with van der Waals surface area (Å²) in [6, 6.07) is 12.7. The molecule has 0 spiro atoms. The number of benzene rings is 3. The average molecular weight is 492 g/mol. The number of aryl methyl sites for hydroxylation is 2. The van der Waals surface area contributed by atoms with E-state index in [1.807, 2.05) is 0 Å². The van der Waals surface area contributed by atoms with Crippen molar-refractivity contribution in [2.75, 3.05) is 3.71 Å². The van der Waals surface area contributed by atoms with Crippen LogP contribution in [0.15, 0.2) is 76.5 Å². The fraction of sp³-hybridized carbons (Fsp3) is 0.100. The summed E-state index contributed by atoms with van der Waals surface area (Å²) in [7, 11) is -9.62. The molecule has 0 saturated heterocycles. The molecule has 0 unspecified atom stereocenters. The lowest BCUT2D eigenvalue weighted by atomic mass is 10.2. The third-order valence-corrected chi connectivity index (χ3v) is 8.85. The van der Waals surface area contributed by atoms with Crippen LogP contribution in [-0.4, -0.2) is 26.7 Å². The van der Waals surface area contributed by atoms with Crippen molar-refractivity contribution < 1.29 is 26.7 Å². The summed E-state index contributed by atoms with van der Waals surface area (Å²) in [5, 5.41) is 22.6. The number of anilines is 1. The Morgan fingerprint density at radius 2 is 1.03 bits per heavy atom. The van der Waals surface area contributed by atoms with Gasteiger partial charge >= 0.3 is 11.4 Å². The fourth-order valence-corrected chi connectivity index (χ4v) is 6.62. The number of hydrogen-bond donors (Lipinski definition) is 0. The highest BCUT2D eigenvalue weighted by Gasteiger charge is 2.39. The maximum absolute atomic E-state index is 13.5. The van der Waals surface area contributed by atoms with Gasteiger partial charge in [-0.2, -0.15) is 3.71 Å². The summed E-state index contributed by atoms with van der Waals surface area (Å²) in [5.41, 5.74) is -1.18. The topological polar surface area (TPSA) is 158 Å². The van der Waals surface area contributed by atoms with Crippen LogP contribution in [-0.2, 0) is 20.0 Å². The van der Waals surface area contributed by atoms with E-state index in [-0.39, 0.29) is 13.5 Å². The molecule has 33 heavy (non-hydrogen) atoms. The van der Waals surface area contributed by atoms with Crippen LogP contribution >= 0.6 is 0 Å². The largest absolute Gasteiger partial charge is 0.348 e. The number of sulfonamides is 2. The number of hydrogen-bond acceptors (Lipinski definition) is 8. The van der Waals surface area contributed by atoms with Crippen molar-refractivity contribution in [3.8, 4) is 0 Å². The Kier molecular flexibility index (Phi) is 6.20. The SMILES string of the molecule is Cc1ccc(S(=O)(=O)N(c2ccc([N+](=O)[O-])c([N+](=O)[O-])c2)S(=O)(=O)c2ccc(C)cc2)cc1. The molecule has 0 atom stereocenters. The quantitative estimate of drug-likeness (QED) is 0.357. The van der Waals surface area contributed by atoms with Crippen molar-refractivity contribution in [1.82, 2.24) is 0 Å². The van der Waals surface area contributed by atoms with Gasteiger partial charge in [0.15, 0.2) is 0 Å². The molecule has 0 bridgehead atoms. The minimum atomic E-state index is -4.81. The van der Waals surface area contributed by atoms with E-state index in [9.17, 15) is 37.1 Å². The van der Waals surface area contributed by atoms with Gasteiger partial charge in [-0.25, -0.2) is 16.8 Å². The highest BCUT2D eigenvalue weighted by Crippen LogP contribution is 2.36. The van der Waals surface area contributed by atoms with E-state index in [0.717, 1.165) is 6.07 Å². The molecule has 0 N–H and O–H groups in total. The zero-order chi connectivity index (χ0) is 24.6. The van der Waals surface area contributed by atoms with Gasteiger partial charge in [0, 0.05) is 12.1 Å². The molecule has 0 amide bonds. The zero-order valence-corrected chi connectivity index (χ0v) is 18.9. The van der Waals surface area contributed by atoms with Gasteiger partial charge in [-0.05, 0) is 44.2 Å². The van der Waals surface area contributed by atoms with Crippen LogP contribution in [0.4, 0.5) is 17.1 Å². The second-order valence-corrected chi connectivity index (χ2v) is 10.8.